The highest BCUT2D eigenvalue weighted by molar-refractivity contribution is 6.30. The van der Waals surface area contributed by atoms with Gasteiger partial charge in [-0.25, -0.2) is 0 Å². The van der Waals surface area contributed by atoms with Gasteiger partial charge in [-0.2, -0.15) is 0 Å². The summed E-state index contributed by atoms with van der Waals surface area (Å²) < 4.78 is 10.0. The first-order valence-electron chi connectivity index (χ1n) is 8.33. The lowest BCUT2D eigenvalue weighted by Crippen LogP contribution is -2.37. The van der Waals surface area contributed by atoms with E-state index in [4.69, 9.17) is 21.1 Å². The van der Waals surface area contributed by atoms with Crippen molar-refractivity contribution in [2.45, 2.75) is 24.0 Å². The van der Waals surface area contributed by atoms with Crippen molar-refractivity contribution in [3.63, 3.8) is 0 Å². The smallest absolute Gasteiger partial charge is 0.323 e. The van der Waals surface area contributed by atoms with Gasteiger partial charge in [-0.3, -0.25) is 20.2 Å². The van der Waals surface area contributed by atoms with Crippen molar-refractivity contribution in [3.8, 4) is 5.75 Å². The van der Waals surface area contributed by atoms with Crippen molar-refractivity contribution < 1.29 is 19.2 Å². The van der Waals surface area contributed by atoms with Gasteiger partial charge in [0, 0.05) is 9.95 Å². The van der Waals surface area contributed by atoms with E-state index in [1.165, 1.54) is 7.11 Å². The number of rotatable bonds is 5. The van der Waals surface area contributed by atoms with Crippen LogP contribution >= 0.6 is 11.6 Å². The van der Waals surface area contributed by atoms with E-state index in [1.54, 1.807) is 55.6 Å². The fraction of sp³-hybridized carbons (Fsp3) is 0.316. The van der Waals surface area contributed by atoms with Crippen LogP contribution in [0.15, 0.2) is 48.5 Å². The van der Waals surface area contributed by atoms with Gasteiger partial charge in [-0.05, 0) is 35.4 Å². The number of carbonyl (C=O) groups excluding carboxylic acids is 1. The van der Waals surface area contributed by atoms with Crippen molar-refractivity contribution in [1.29, 1.82) is 0 Å². The van der Waals surface area contributed by atoms with E-state index in [0.717, 1.165) is 0 Å². The molecule has 4 atom stereocenters. The maximum Gasteiger partial charge on any atom is 0.323 e. The number of ether oxygens (including phenoxy) is 2. The standard InChI is InChI=1S/C19H19ClN2O5/c1-26-14-9-5-11(6-10-14)15-17(19(23)27-2)21-16(18(15)22(24)25)12-3-7-13(20)8-4-12/h3-10,15-18,21H,1-2H3/t15-,16+,17+,18+/m1/s1. The molecule has 0 aliphatic carbocycles. The number of hydrogen-bond acceptors (Lipinski definition) is 6. The Morgan fingerprint density at radius 2 is 1.67 bits per heavy atom. The summed E-state index contributed by atoms with van der Waals surface area (Å²) in [5.41, 5.74) is 1.35. The second-order valence-corrected chi connectivity index (χ2v) is 6.71. The number of benzene rings is 2. The Kier molecular flexibility index (Phi) is 5.62. The number of nitrogens with zero attached hydrogens (tertiary/aromatic N) is 1. The molecule has 7 nitrogen and oxygen atoms in total. The molecule has 0 bridgehead atoms. The Morgan fingerprint density at radius 3 is 2.19 bits per heavy atom. The van der Waals surface area contributed by atoms with Crippen LogP contribution < -0.4 is 10.1 Å². The predicted octanol–water partition coefficient (Wildman–Crippen LogP) is 2.96. The fourth-order valence-corrected chi connectivity index (χ4v) is 3.70. The first-order valence-corrected chi connectivity index (χ1v) is 8.71. The topological polar surface area (TPSA) is 90.7 Å². The number of nitrogens with one attached hydrogen (secondary N) is 1. The maximum absolute atomic E-state index is 12.4. The zero-order chi connectivity index (χ0) is 19.6. The van der Waals surface area contributed by atoms with Crippen molar-refractivity contribution in [1.82, 2.24) is 5.32 Å². The third-order valence-electron chi connectivity index (χ3n) is 4.86. The third kappa shape index (κ3) is 3.74. The molecule has 142 valence electrons. The van der Waals surface area contributed by atoms with Crippen LogP contribution in [0.2, 0.25) is 5.02 Å². The molecule has 1 aliphatic rings. The second kappa shape index (κ2) is 7.94. The maximum atomic E-state index is 12.4. The fourth-order valence-electron chi connectivity index (χ4n) is 3.57. The summed E-state index contributed by atoms with van der Waals surface area (Å²) in [6.45, 7) is 0. The summed E-state index contributed by atoms with van der Waals surface area (Å²) in [6, 6.07) is 11.1. The molecule has 1 aliphatic heterocycles. The Hall–Kier alpha value is -2.64. The van der Waals surface area contributed by atoms with Crippen LogP contribution in [0, 0.1) is 10.1 Å². The summed E-state index contributed by atoms with van der Waals surface area (Å²) in [6.07, 6.45) is 0. The Morgan fingerprint density at radius 1 is 1.07 bits per heavy atom. The molecule has 0 amide bonds. The van der Waals surface area contributed by atoms with Crippen molar-refractivity contribution >= 4 is 17.6 Å². The van der Waals surface area contributed by atoms with Crippen LogP contribution in [-0.2, 0) is 9.53 Å². The lowest BCUT2D eigenvalue weighted by atomic mass is 9.85. The summed E-state index contributed by atoms with van der Waals surface area (Å²) in [4.78, 5) is 24.0. The Bertz CT molecular complexity index is 825. The molecule has 0 unspecified atom stereocenters. The molecule has 1 heterocycles. The van der Waals surface area contributed by atoms with E-state index >= 15 is 0 Å². The van der Waals surface area contributed by atoms with Crippen LogP contribution in [0.5, 0.6) is 5.75 Å². The zero-order valence-electron chi connectivity index (χ0n) is 14.8. The van der Waals surface area contributed by atoms with E-state index < -0.39 is 30.0 Å². The molecular formula is C19H19ClN2O5. The lowest BCUT2D eigenvalue weighted by molar-refractivity contribution is -0.527. The van der Waals surface area contributed by atoms with Gasteiger partial charge in [0.25, 0.3) is 0 Å². The van der Waals surface area contributed by atoms with Gasteiger partial charge in [0.05, 0.1) is 20.1 Å². The normalized spacial score (nSPS) is 24.4. The zero-order valence-corrected chi connectivity index (χ0v) is 15.6. The summed E-state index contributed by atoms with van der Waals surface area (Å²) in [7, 11) is 2.81. The van der Waals surface area contributed by atoms with Gasteiger partial charge >= 0.3 is 5.97 Å². The molecule has 0 saturated carbocycles. The van der Waals surface area contributed by atoms with Crippen LogP contribution in [0.3, 0.4) is 0 Å². The first-order chi connectivity index (χ1) is 13.0. The summed E-state index contributed by atoms with van der Waals surface area (Å²) in [5, 5.41) is 15.6. The average Bonchev–Trinajstić information content (AvgIpc) is 3.09. The molecule has 3 rings (SSSR count). The minimum Gasteiger partial charge on any atom is -0.497 e. The van der Waals surface area contributed by atoms with E-state index in [0.29, 0.717) is 21.9 Å². The van der Waals surface area contributed by atoms with Gasteiger partial charge in [0.15, 0.2) is 0 Å². The molecule has 8 heteroatoms. The third-order valence-corrected chi connectivity index (χ3v) is 5.11. The van der Waals surface area contributed by atoms with Crippen LogP contribution in [0.4, 0.5) is 0 Å². The predicted molar refractivity (Wildman–Crippen MR) is 99.7 cm³/mol. The molecule has 2 aromatic carbocycles. The first kappa shape index (κ1) is 19.1. The molecular weight excluding hydrogens is 372 g/mol. The number of hydrogen-bond donors (Lipinski definition) is 1. The molecule has 0 radical (unpaired) electrons. The highest BCUT2D eigenvalue weighted by Gasteiger charge is 2.54. The largest absolute Gasteiger partial charge is 0.497 e. The minimum absolute atomic E-state index is 0.343. The summed E-state index contributed by atoms with van der Waals surface area (Å²) in [5.74, 6) is -0.607. The monoisotopic (exact) mass is 390 g/mol. The molecule has 27 heavy (non-hydrogen) atoms. The summed E-state index contributed by atoms with van der Waals surface area (Å²) >= 11 is 5.93. The van der Waals surface area contributed by atoms with Gasteiger partial charge in [-0.15, -0.1) is 0 Å². The molecule has 1 saturated heterocycles. The van der Waals surface area contributed by atoms with Gasteiger partial charge < -0.3 is 9.47 Å². The van der Waals surface area contributed by atoms with E-state index in [1.807, 2.05) is 0 Å². The van der Waals surface area contributed by atoms with Gasteiger partial charge in [-0.1, -0.05) is 35.9 Å². The van der Waals surface area contributed by atoms with Crippen LogP contribution in [0.1, 0.15) is 23.1 Å². The molecule has 1 N–H and O–H groups in total. The minimum atomic E-state index is -1.05. The quantitative estimate of drug-likeness (QED) is 0.479. The van der Waals surface area contributed by atoms with Crippen molar-refractivity contribution in [3.05, 3.63) is 74.8 Å². The molecule has 0 aromatic heterocycles. The number of halogens is 1. The number of esters is 1. The van der Waals surface area contributed by atoms with Gasteiger partial charge in [0.1, 0.15) is 17.8 Å². The Balaban J connectivity index is 2.06. The lowest BCUT2D eigenvalue weighted by Gasteiger charge is -2.19. The van der Waals surface area contributed by atoms with E-state index in [-0.39, 0.29) is 4.92 Å². The molecule has 2 aromatic rings. The van der Waals surface area contributed by atoms with Crippen LogP contribution in [-0.4, -0.2) is 37.2 Å². The van der Waals surface area contributed by atoms with Crippen molar-refractivity contribution in [2.24, 2.45) is 0 Å². The number of nitro groups is 1. The van der Waals surface area contributed by atoms with Crippen molar-refractivity contribution in [2.75, 3.05) is 14.2 Å². The van der Waals surface area contributed by atoms with Gasteiger partial charge in [0.2, 0.25) is 6.04 Å². The second-order valence-electron chi connectivity index (χ2n) is 6.27. The van der Waals surface area contributed by atoms with Crippen LogP contribution in [0.25, 0.3) is 0 Å². The molecule has 1 fully saturated rings. The molecule has 0 spiro atoms. The SMILES string of the molecule is COC(=O)[C@H]1N[C@@H](c2ccc(Cl)cc2)[C@@H]([N+](=O)[O-])[C@@H]1c1ccc(OC)cc1. The van der Waals surface area contributed by atoms with E-state index in [2.05, 4.69) is 5.32 Å². The number of methoxy groups -OCH3 is 2. The van der Waals surface area contributed by atoms with E-state index in [9.17, 15) is 14.9 Å². The highest BCUT2D eigenvalue weighted by atomic mass is 35.5. The average molecular weight is 391 g/mol. The Labute approximate surface area is 161 Å². The number of carbonyl (C=O) groups is 1. The highest BCUT2D eigenvalue weighted by Crippen LogP contribution is 2.41.